The highest BCUT2D eigenvalue weighted by Crippen LogP contribution is 2.39. The zero-order chi connectivity index (χ0) is 23.6. The van der Waals surface area contributed by atoms with Crippen LogP contribution in [0, 0.1) is 5.92 Å². The third-order valence-electron chi connectivity index (χ3n) is 5.93. The Kier molecular flexibility index (Phi) is 13.2. The second-order valence-electron chi connectivity index (χ2n) is 8.76. The highest BCUT2D eigenvalue weighted by Gasteiger charge is 2.47. The Hall–Kier alpha value is -0.130. The molecular formula is C21H42N4O3S3. The molecule has 1 heterocycles. The van der Waals surface area contributed by atoms with Crippen molar-refractivity contribution < 1.29 is 14.3 Å². The third kappa shape index (κ3) is 8.97. The van der Waals surface area contributed by atoms with Crippen LogP contribution in [0.2, 0.25) is 0 Å². The van der Waals surface area contributed by atoms with Crippen molar-refractivity contribution in [3.05, 3.63) is 0 Å². The summed E-state index contributed by atoms with van der Waals surface area (Å²) in [4.78, 5) is 27.8. The number of methoxy groups -OCH3 is 1. The average Bonchev–Trinajstić information content (AvgIpc) is 3.05. The largest absolute Gasteiger partial charge is 0.467 e. The van der Waals surface area contributed by atoms with E-state index in [1.54, 1.807) is 23.5 Å². The first kappa shape index (κ1) is 28.9. The van der Waals surface area contributed by atoms with Gasteiger partial charge in [0.15, 0.2) is 0 Å². The van der Waals surface area contributed by atoms with Gasteiger partial charge in [-0.25, -0.2) is 4.79 Å². The number of hydrogen-bond donors (Lipinski definition) is 4. The van der Waals surface area contributed by atoms with Crippen LogP contribution in [-0.2, 0) is 14.3 Å². The normalized spacial score (nSPS) is 22.5. The van der Waals surface area contributed by atoms with Crippen molar-refractivity contribution in [1.82, 2.24) is 15.5 Å². The van der Waals surface area contributed by atoms with E-state index in [9.17, 15) is 9.59 Å². The summed E-state index contributed by atoms with van der Waals surface area (Å²) < 4.78 is 4.66. The summed E-state index contributed by atoms with van der Waals surface area (Å²) in [6, 6.07) is -0.736. The van der Waals surface area contributed by atoms with Gasteiger partial charge in [-0.2, -0.15) is 24.4 Å². The molecule has 5 atom stereocenters. The number of carbonyl (C=O) groups is 2. The summed E-state index contributed by atoms with van der Waals surface area (Å²) in [7, 11) is 1.36. The van der Waals surface area contributed by atoms with Crippen molar-refractivity contribution >= 4 is 48.0 Å². The van der Waals surface area contributed by atoms with E-state index in [0.717, 1.165) is 24.6 Å². The molecule has 0 spiro atoms. The number of amides is 1. The van der Waals surface area contributed by atoms with Gasteiger partial charge in [0.05, 0.1) is 7.11 Å². The zero-order valence-electron chi connectivity index (χ0n) is 19.8. The van der Waals surface area contributed by atoms with Crippen LogP contribution in [0.4, 0.5) is 0 Å². The van der Waals surface area contributed by atoms with Gasteiger partial charge in [-0.3, -0.25) is 9.69 Å². The SMILES string of the molecule is CCC(C)[C@@H](CN1CSC(C)(C)[C@H]1C(=O)N[C@@H](CCSC)C(=O)OC)NC[C@@H](N)CS. The molecule has 1 saturated heterocycles. The van der Waals surface area contributed by atoms with Crippen LogP contribution in [0.15, 0.2) is 0 Å². The van der Waals surface area contributed by atoms with E-state index in [2.05, 4.69) is 55.9 Å². The van der Waals surface area contributed by atoms with Gasteiger partial charge in [0.25, 0.3) is 0 Å². The van der Waals surface area contributed by atoms with E-state index in [-0.39, 0.29) is 28.8 Å². The lowest BCUT2D eigenvalue weighted by Gasteiger charge is -2.35. The zero-order valence-corrected chi connectivity index (χ0v) is 22.4. The molecule has 1 aliphatic heterocycles. The predicted molar refractivity (Wildman–Crippen MR) is 137 cm³/mol. The van der Waals surface area contributed by atoms with E-state index in [1.165, 1.54) is 7.11 Å². The minimum absolute atomic E-state index is 0.00405. The van der Waals surface area contributed by atoms with E-state index in [4.69, 9.17) is 10.5 Å². The fourth-order valence-electron chi connectivity index (χ4n) is 3.71. The Morgan fingerprint density at radius 2 is 2.10 bits per heavy atom. The number of rotatable bonds is 14. The summed E-state index contributed by atoms with van der Waals surface area (Å²) in [6.45, 7) is 10.0. The van der Waals surface area contributed by atoms with Gasteiger partial charge in [-0.1, -0.05) is 20.3 Å². The lowest BCUT2D eigenvalue weighted by molar-refractivity contribution is -0.145. The quantitative estimate of drug-likeness (QED) is 0.214. The predicted octanol–water partition coefficient (Wildman–Crippen LogP) is 1.81. The first-order chi connectivity index (χ1) is 14.6. The molecule has 1 aliphatic rings. The number of carbonyl (C=O) groups excluding carboxylic acids is 2. The van der Waals surface area contributed by atoms with E-state index < -0.39 is 12.0 Å². The van der Waals surface area contributed by atoms with Crippen LogP contribution in [0.3, 0.4) is 0 Å². The maximum Gasteiger partial charge on any atom is 0.328 e. The first-order valence-electron chi connectivity index (χ1n) is 11.0. The number of hydrogen-bond acceptors (Lipinski definition) is 9. The van der Waals surface area contributed by atoms with Gasteiger partial charge in [-0.15, -0.1) is 11.8 Å². The van der Waals surface area contributed by atoms with Crippen molar-refractivity contribution in [2.24, 2.45) is 11.7 Å². The number of thioether (sulfide) groups is 2. The van der Waals surface area contributed by atoms with Crippen LogP contribution in [-0.4, -0.2) is 89.5 Å². The molecular weight excluding hydrogens is 452 g/mol. The monoisotopic (exact) mass is 494 g/mol. The third-order valence-corrected chi connectivity index (χ3v) is 8.47. The Morgan fingerprint density at radius 3 is 2.65 bits per heavy atom. The van der Waals surface area contributed by atoms with E-state index in [1.807, 2.05) is 6.26 Å². The Labute approximate surface area is 202 Å². The fraction of sp³-hybridized carbons (Fsp3) is 0.905. The van der Waals surface area contributed by atoms with Gasteiger partial charge >= 0.3 is 5.97 Å². The molecule has 1 rings (SSSR count). The second kappa shape index (κ2) is 14.2. The maximum absolute atomic E-state index is 13.4. The molecule has 0 aliphatic carbocycles. The van der Waals surface area contributed by atoms with Crippen LogP contribution in [0.5, 0.6) is 0 Å². The molecule has 0 aromatic heterocycles. The molecule has 4 N–H and O–H groups in total. The molecule has 1 fully saturated rings. The number of nitrogens with one attached hydrogen (secondary N) is 2. The molecule has 0 aromatic rings. The second-order valence-corrected chi connectivity index (χ2v) is 11.7. The van der Waals surface area contributed by atoms with Crippen molar-refractivity contribution in [1.29, 1.82) is 0 Å². The number of thiol groups is 1. The minimum Gasteiger partial charge on any atom is -0.467 e. The topological polar surface area (TPSA) is 96.7 Å². The smallest absolute Gasteiger partial charge is 0.328 e. The van der Waals surface area contributed by atoms with Crippen LogP contribution >= 0.6 is 36.2 Å². The average molecular weight is 495 g/mol. The van der Waals surface area contributed by atoms with Crippen molar-refractivity contribution in [3.8, 4) is 0 Å². The molecule has 0 aromatic carbocycles. The van der Waals surface area contributed by atoms with Crippen LogP contribution in [0.25, 0.3) is 0 Å². The van der Waals surface area contributed by atoms with Crippen LogP contribution < -0.4 is 16.4 Å². The molecule has 182 valence electrons. The standard InChI is InChI=1S/C21H42N4O3S3/c1-7-14(2)17(23-10-15(22)12-29)11-25-13-31-21(3,4)18(25)19(26)24-16(8-9-30-6)20(27)28-5/h14-18,23,29H,7-13,22H2,1-6H3,(H,24,26)/t14?,15-,16+,17-,18-/m1/s1. The number of esters is 1. The fourth-order valence-corrected chi connectivity index (χ4v) is 5.48. The summed E-state index contributed by atoms with van der Waals surface area (Å²) in [5, 5.41) is 6.57. The summed E-state index contributed by atoms with van der Waals surface area (Å²) in [5.74, 6) is 2.11. The maximum atomic E-state index is 13.4. The van der Waals surface area contributed by atoms with Crippen LogP contribution in [0.1, 0.15) is 40.5 Å². The lowest BCUT2D eigenvalue weighted by atomic mass is 9.95. The highest BCUT2D eigenvalue weighted by molar-refractivity contribution is 8.00. The van der Waals surface area contributed by atoms with E-state index in [0.29, 0.717) is 24.6 Å². The molecule has 0 saturated carbocycles. The number of nitrogens with two attached hydrogens (primary N) is 1. The molecule has 0 radical (unpaired) electrons. The molecule has 1 amide bonds. The summed E-state index contributed by atoms with van der Waals surface area (Å²) >= 11 is 7.70. The molecule has 7 nitrogen and oxygen atoms in total. The Morgan fingerprint density at radius 1 is 1.42 bits per heavy atom. The molecule has 31 heavy (non-hydrogen) atoms. The van der Waals surface area contributed by atoms with Gasteiger partial charge in [0, 0.05) is 41.5 Å². The van der Waals surface area contributed by atoms with Gasteiger partial charge in [0.2, 0.25) is 5.91 Å². The highest BCUT2D eigenvalue weighted by atomic mass is 32.2. The molecule has 10 heteroatoms. The number of nitrogens with zero attached hydrogens (tertiary/aromatic N) is 1. The van der Waals surface area contributed by atoms with E-state index >= 15 is 0 Å². The Balaban J connectivity index is 2.95. The summed E-state index contributed by atoms with van der Waals surface area (Å²) in [6.07, 6.45) is 3.57. The van der Waals surface area contributed by atoms with Crippen molar-refractivity contribution in [2.45, 2.75) is 69.5 Å². The minimum atomic E-state index is -0.620. The van der Waals surface area contributed by atoms with Gasteiger partial charge in [-0.05, 0) is 38.2 Å². The van der Waals surface area contributed by atoms with Crippen molar-refractivity contribution in [2.75, 3.05) is 43.8 Å². The Bertz CT molecular complexity index is 568. The molecule has 1 unspecified atom stereocenters. The van der Waals surface area contributed by atoms with Gasteiger partial charge in [0.1, 0.15) is 12.1 Å². The summed E-state index contributed by atoms with van der Waals surface area (Å²) in [5.41, 5.74) is 6.06. The molecule has 0 bridgehead atoms. The lowest BCUT2D eigenvalue weighted by Crippen LogP contribution is -2.58. The first-order valence-corrected chi connectivity index (χ1v) is 14.0. The van der Waals surface area contributed by atoms with Crippen molar-refractivity contribution in [3.63, 3.8) is 0 Å². The van der Waals surface area contributed by atoms with Gasteiger partial charge < -0.3 is 21.1 Å². The number of ether oxygens (including phenoxy) is 1.